The van der Waals surface area contributed by atoms with E-state index in [0.29, 0.717) is 0 Å². The van der Waals surface area contributed by atoms with Crippen LogP contribution in [0.5, 0.6) is 0 Å². The second kappa shape index (κ2) is 6.93. The quantitative estimate of drug-likeness (QED) is 0.499. The number of benzene rings is 2. The maximum atomic E-state index is 5.82. The minimum absolute atomic E-state index is 0.137. The largest absolute Gasteiger partial charge is 0.271 e. The summed E-state index contributed by atoms with van der Waals surface area (Å²) in [5.74, 6) is 5.82. The van der Waals surface area contributed by atoms with Crippen LogP contribution in [0, 0.1) is 13.8 Å². The van der Waals surface area contributed by atoms with Crippen LogP contribution in [-0.4, -0.2) is 6.26 Å². The molecule has 2 aromatic rings. The van der Waals surface area contributed by atoms with Gasteiger partial charge in [-0.25, -0.2) is 0 Å². The molecule has 0 aromatic heterocycles. The van der Waals surface area contributed by atoms with Crippen molar-refractivity contribution in [1.29, 1.82) is 0 Å². The van der Waals surface area contributed by atoms with Crippen molar-refractivity contribution < 1.29 is 0 Å². The molecule has 2 nitrogen and oxygen atoms in total. The Morgan fingerprint density at radius 3 is 2.30 bits per heavy atom. The van der Waals surface area contributed by atoms with Gasteiger partial charge in [-0.2, -0.15) is 0 Å². The van der Waals surface area contributed by atoms with Gasteiger partial charge in [-0.1, -0.05) is 36.4 Å². The van der Waals surface area contributed by atoms with Crippen LogP contribution in [0.4, 0.5) is 0 Å². The van der Waals surface area contributed by atoms with Gasteiger partial charge in [-0.05, 0) is 54.8 Å². The summed E-state index contributed by atoms with van der Waals surface area (Å²) in [5, 5.41) is 0. The third-order valence-corrected chi connectivity index (χ3v) is 4.58. The van der Waals surface area contributed by atoms with E-state index in [0.717, 1.165) is 6.42 Å². The van der Waals surface area contributed by atoms with E-state index in [-0.39, 0.29) is 6.04 Å². The Balaban J connectivity index is 2.34. The van der Waals surface area contributed by atoms with Crippen molar-refractivity contribution in [2.45, 2.75) is 31.2 Å². The fraction of sp³-hybridized carbons (Fsp3) is 0.294. The van der Waals surface area contributed by atoms with Crippen LogP contribution in [0.15, 0.2) is 47.4 Å². The minimum atomic E-state index is 0.137. The lowest BCUT2D eigenvalue weighted by molar-refractivity contribution is 0.542. The summed E-state index contributed by atoms with van der Waals surface area (Å²) in [7, 11) is 0. The van der Waals surface area contributed by atoms with E-state index in [1.807, 2.05) is 0 Å². The zero-order valence-corrected chi connectivity index (χ0v) is 13.1. The molecule has 0 fully saturated rings. The molecule has 106 valence electrons. The number of hydrogen-bond acceptors (Lipinski definition) is 3. The monoisotopic (exact) mass is 286 g/mol. The molecule has 0 aliphatic rings. The van der Waals surface area contributed by atoms with Gasteiger partial charge in [0.05, 0.1) is 6.04 Å². The number of rotatable bonds is 5. The van der Waals surface area contributed by atoms with Crippen molar-refractivity contribution >= 4 is 11.8 Å². The Kier molecular flexibility index (Phi) is 5.24. The van der Waals surface area contributed by atoms with Gasteiger partial charge in [0.25, 0.3) is 0 Å². The number of nitrogens with two attached hydrogens (primary N) is 1. The van der Waals surface area contributed by atoms with Crippen molar-refractivity contribution in [3.8, 4) is 0 Å². The second-order valence-corrected chi connectivity index (χ2v) is 5.88. The van der Waals surface area contributed by atoms with Gasteiger partial charge in [-0.15, -0.1) is 11.8 Å². The first-order valence-electron chi connectivity index (χ1n) is 6.81. The van der Waals surface area contributed by atoms with Gasteiger partial charge in [0.15, 0.2) is 0 Å². The lowest BCUT2D eigenvalue weighted by Crippen LogP contribution is -2.30. The van der Waals surface area contributed by atoms with E-state index in [1.165, 1.54) is 27.1 Å². The van der Waals surface area contributed by atoms with Crippen LogP contribution in [0.1, 0.15) is 28.3 Å². The van der Waals surface area contributed by atoms with E-state index >= 15 is 0 Å². The molecule has 2 rings (SSSR count). The van der Waals surface area contributed by atoms with Crippen molar-refractivity contribution in [3.05, 3.63) is 64.7 Å². The smallest absolute Gasteiger partial charge is 0.0511 e. The average molecular weight is 286 g/mol. The maximum Gasteiger partial charge on any atom is 0.0511 e. The number of nitrogens with one attached hydrogen (secondary N) is 1. The molecule has 0 saturated heterocycles. The first kappa shape index (κ1) is 15.1. The van der Waals surface area contributed by atoms with Gasteiger partial charge in [0, 0.05) is 4.90 Å². The van der Waals surface area contributed by atoms with E-state index in [4.69, 9.17) is 5.84 Å². The number of hydrogen-bond donors (Lipinski definition) is 2. The third-order valence-electron chi connectivity index (χ3n) is 3.77. The second-order valence-electron chi connectivity index (χ2n) is 5.04. The van der Waals surface area contributed by atoms with E-state index < -0.39 is 0 Å². The van der Waals surface area contributed by atoms with Crippen molar-refractivity contribution in [1.82, 2.24) is 5.43 Å². The minimum Gasteiger partial charge on any atom is -0.271 e. The molecule has 0 aliphatic heterocycles. The number of thioether (sulfide) groups is 1. The Hall–Kier alpha value is -1.29. The average Bonchev–Trinajstić information content (AvgIpc) is 2.47. The number of hydrazine groups is 1. The zero-order valence-electron chi connectivity index (χ0n) is 12.3. The fourth-order valence-electron chi connectivity index (χ4n) is 2.59. The predicted molar refractivity (Wildman–Crippen MR) is 87.9 cm³/mol. The molecule has 3 N–H and O–H groups in total. The van der Waals surface area contributed by atoms with Gasteiger partial charge < -0.3 is 0 Å². The van der Waals surface area contributed by atoms with Gasteiger partial charge in [0.1, 0.15) is 0 Å². The van der Waals surface area contributed by atoms with Crippen LogP contribution in [0.2, 0.25) is 0 Å². The number of aryl methyl sites for hydroxylation is 2. The summed E-state index contributed by atoms with van der Waals surface area (Å²) in [6.45, 7) is 4.33. The molecule has 0 amide bonds. The molecule has 0 spiro atoms. The Bertz CT molecular complexity index is 561. The summed E-state index contributed by atoms with van der Waals surface area (Å²) < 4.78 is 0. The molecule has 0 heterocycles. The van der Waals surface area contributed by atoms with Crippen molar-refractivity contribution in [2.24, 2.45) is 5.84 Å². The topological polar surface area (TPSA) is 38.0 Å². The SMILES string of the molecule is CSc1ccccc1C(Cc1c(C)cccc1C)NN. The summed E-state index contributed by atoms with van der Waals surface area (Å²) in [4.78, 5) is 1.28. The highest BCUT2D eigenvalue weighted by molar-refractivity contribution is 7.98. The van der Waals surface area contributed by atoms with E-state index in [2.05, 4.69) is 68.0 Å². The standard InChI is InChI=1S/C17H22N2S/c1-12-7-6-8-13(2)15(12)11-16(19-18)14-9-4-5-10-17(14)20-3/h4-10,16,19H,11,18H2,1-3H3. The van der Waals surface area contributed by atoms with Crippen LogP contribution >= 0.6 is 11.8 Å². The summed E-state index contributed by atoms with van der Waals surface area (Å²) in [6, 6.07) is 15.0. The summed E-state index contributed by atoms with van der Waals surface area (Å²) >= 11 is 1.76. The molecule has 0 radical (unpaired) electrons. The van der Waals surface area contributed by atoms with Crippen LogP contribution < -0.4 is 11.3 Å². The summed E-state index contributed by atoms with van der Waals surface area (Å²) in [6.07, 6.45) is 3.01. The highest BCUT2D eigenvalue weighted by Crippen LogP contribution is 2.29. The first-order chi connectivity index (χ1) is 9.67. The molecular formula is C17H22N2S. The highest BCUT2D eigenvalue weighted by atomic mass is 32.2. The summed E-state index contributed by atoms with van der Waals surface area (Å²) in [5.41, 5.74) is 8.28. The van der Waals surface area contributed by atoms with E-state index in [1.54, 1.807) is 11.8 Å². The Labute approximate surface area is 125 Å². The van der Waals surface area contributed by atoms with Crippen LogP contribution in [-0.2, 0) is 6.42 Å². The first-order valence-corrected chi connectivity index (χ1v) is 8.04. The van der Waals surface area contributed by atoms with Gasteiger partial charge >= 0.3 is 0 Å². The predicted octanol–water partition coefficient (Wildman–Crippen LogP) is 3.77. The van der Waals surface area contributed by atoms with E-state index in [9.17, 15) is 0 Å². The maximum absolute atomic E-state index is 5.82. The Morgan fingerprint density at radius 1 is 1.05 bits per heavy atom. The molecule has 0 saturated carbocycles. The zero-order chi connectivity index (χ0) is 14.5. The fourth-order valence-corrected chi connectivity index (χ4v) is 3.25. The third kappa shape index (κ3) is 3.23. The lowest BCUT2D eigenvalue weighted by Gasteiger charge is -2.21. The lowest BCUT2D eigenvalue weighted by atomic mass is 9.93. The molecule has 2 aromatic carbocycles. The van der Waals surface area contributed by atoms with Gasteiger partial charge in [-0.3, -0.25) is 11.3 Å². The molecule has 1 atom stereocenters. The highest BCUT2D eigenvalue weighted by Gasteiger charge is 2.16. The molecule has 20 heavy (non-hydrogen) atoms. The molecule has 1 unspecified atom stereocenters. The molecule has 0 bridgehead atoms. The van der Waals surface area contributed by atoms with Crippen LogP contribution in [0.25, 0.3) is 0 Å². The van der Waals surface area contributed by atoms with Crippen LogP contribution in [0.3, 0.4) is 0 Å². The van der Waals surface area contributed by atoms with Crippen molar-refractivity contribution in [3.63, 3.8) is 0 Å². The van der Waals surface area contributed by atoms with Crippen molar-refractivity contribution in [2.75, 3.05) is 6.26 Å². The molecular weight excluding hydrogens is 264 g/mol. The normalized spacial score (nSPS) is 12.4. The van der Waals surface area contributed by atoms with Gasteiger partial charge in [0.2, 0.25) is 0 Å². The molecule has 3 heteroatoms. The Morgan fingerprint density at radius 2 is 1.70 bits per heavy atom. The molecule has 0 aliphatic carbocycles.